The number of thiophene rings is 1. The Morgan fingerprint density at radius 1 is 1.17 bits per heavy atom. The number of benzene rings is 2. The minimum absolute atomic E-state index is 0.0416. The van der Waals surface area contributed by atoms with Crippen LogP contribution in [0.4, 0.5) is 4.39 Å². The number of aromatic nitrogens is 1. The first-order valence-electron chi connectivity index (χ1n) is 9.75. The normalized spacial score (nSPS) is 12.9. The molecule has 0 aliphatic heterocycles. The first-order valence-corrected chi connectivity index (χ1v) is 10.6. The third-order valence-corrected chi connectivity index (χ3v) is 6.58. The van der Waals surface area contributed by atoms with Gasteiger partial charge in [-0.2, -0.15) is 0 Å². The maximum absolute atomic E-state index is 15.1. The first-order chi connectivity index (χ1) is 14.0. The zero-order valence-corrected chi connectivity index (χ0v) is 17.4. The van der Waals surface area contributed by atoms with E-state index in [1.54, 1.807) is 12.1 Å². The van der Waals surface area contributed by atoms with E-state index >= 15 is 4.39 Å². The highest BCUT2D eigenvalue weighted by atomic mass is 32.1. The van der Waals surface area contributed by atoms with E-state index < -0.39 is 0 Å². The molecule has 0 aliphatic rings. The van der Waals surface area contributed by atoms with Gasteiger partial charge in [-0.15, -0.1) is 11.3 Å². The van der Waals surface area contributed by atoms with Crippen molar-refractivity contribution in [1.82, 2.24) is 9.88 Å². The van der Waals surface area contributed by atoms with Crippen LogP contribution in [0.2, 0.25) is 0 Å². The summed E-state index contributed by atoms with van der Waals surface area (Å²) in [6.45, 7) is 7.81. The number of phenols is 1. The highest BCUT2D eigenvalue weighted by Crippen LogP contribution is 2.40. The van der Waals surface area contributed by atoms with Crippen molar-refractivity contribution in [1.29, 1.82) is 0 Å². The van der Waals surface area contributed by atoms with Gasteiger partial charge in [-0.25, -0.2) is 4.39 Å². The van der Waals surface area contributed by atoms with Crippen LogP contribution in [0.1, 0.15) is 32.4 Å². The third kappa shape index (κ3) is 3.22. The molecule has 2 heterocycles. The molecule has 2 N–H and O–H groups in total. The van der Waals surface area contributed by atoms with Crippen molar-refractivity contribution < 1.29 is 9.50 Å². The number of hydrogen-bond acceptors (Lipinski definition) is 4. The maximum atomic E-state index is 15.1. The summed E-state index contributed by atoms with van der Waals surface area (Å²) in [7, 11) is 0. The Labute approximate surface area is 172 Å². The Kier molecular flexibility index (Phi) is 5.15. The van der Waals surface area contributed by atoms with E-state index in [4.69, 9.17) is 0 Å². The summed E-state index contributed by atoms with van der Waals surface area (Å²) >= 11 is 1.35. The van der Waals surface area contributed by atoms with Crippen molar-refractivity contribution in [2.24, 2.45) is 0 Å². The fraction of sp³-hybridized carbons (Fsp3) is 0.261. The number of fused-ring (bicyclic) bond motifs is 3. The molecule has 150 valence electrons. The molecule has 0 amide bonds. The van der Waals surface area contributed by atoms with Gasteiger partial charge >= 0.3 is 0 Å². The second kappa shape index (κ2) is 7.61. The Balaban J connectivity index is 1.94. The predicted molar refractivity (Wildman–Crippen MR) is 118 cm³/mol. The fourth-order valence-electron chi connectivity index (χ4n) is 4.12. The van der Waals surface area contributed by atoms with Crippen LogP contribution in [0.15, 0.2) is 46.6 Å². The summed E-state index contributed by atoms with van der Waals surface area (Å²) < 4.78 is 15.7. The van der Waals surface area contributed by atoms with Gasteiger partial charge in [0.15, 0.2) is 0 Å². The van der Waals surface area contributed by atoms with Crippen molar-refractivity contribution in [3.05, 3.63) is 63.5 Å². The molecule has 0 aliphatic carbocycles. The van der Waals surface area contributed by atoms with Gasteiger partial charge in [0.05, 0.1) is 0 Å². The summed E-state index contributed by atoms with van der Waals surface area (Å²) in [6.07, 6.45) is 0. The Hall–Kier alpha value is -2.70. The number of H-pyrrole nitrogens is 1. The summed E-state index contributed by atoms with van der Waals surface area (Å²) in [6, 6.07) is 10.2. The van der Waals surface area contributed by atoms with Crippen LogP contribution in [0.25, 0.3) is 32.1 Å². The van der Waals surface area contributed by atoms with Crippen molar-refractivity contribution in [2.75, 3.05) is 13.1 Å². The molecule has 4 nitrogen and oxygen atoms in total. The van der Waals surface area contributed by atoms with E-state index in [1.807, 2.05) is 24.4 Å². The Morgan fingerprint density at radius 3 is 2.62 bits per heavy atom. The van der Waals surface area contributed by atoms with Crippen LogP contribution in [0, 0.1) is 5.82 Å². The molecule has 1 atom stereocenters. The molecule has 6 heteroatoms. The van der Waals surface area contributed by atoms with Gasteiger partial charge in [0.2, 0.25) is 0 Å². The van der Waals surface area contributed by atoms with E-state index in [0.29, 0.717) is 26.9 Å². The van der Waals surface area contributed by atoms with Crippen LogP contribution in [-0.4, -0.2) is 28.1 Å². The van der Waals surface area contributed by atoms with Gasteiger partial charge in [0.25, 0.3) is 5.56 Å². The number of rotatable bonds is 5. The SMILES string of the molecule is CCN(CC)C(C)c1ccc(-c2c(O)ccc3[nH]c(=O)c4sccc4c23)cc1F. The predicted octanol–water partition coefficient (Wildman–Crippen LogP) is 5.66. The molecule has 2 aromatic carbocycles. The number of pyridine rings is 1. The lowest BCUT2D eigenvalue weighted by Crippen LogP contribution is -2.27. The van der Waals surface area contributed by atoms with Crippen molar-refractivity contribution in [3.8, 4) is 16.9 Å². The fourth-order valence-corrected chi connectivity index (χ4v) is 4.91. The van der Waals surface area contributed by atoms with Crippen LogP contribution in [-0.2, 0) is 0 Å². The molecule has 0 spiro atoms. The zero-order valence-electron chi connectivity index (χ0n) is 16.6. The van der Waals surface area contributed by atoms with Crippen LogP contribution in [0.5, 0.6) is 5.75 Å². The van der Waals surface area contributed by atoms with Crippen LogP contribution >= 0.6 is 11.3 Å². The molecule has 0 bridgehead atoms. The lowest BCUT2D eigenvalue weighted by atomic mass is 9.95. The topological polar surface area (TPSA) is 56.3 Å². The zero-order chi connectivity index (χ0) is 20.7. The first kappa shape index (κ1) is 19.6. The molecular formula is C23H23FN2O2S. The number of halogens is 1. The van der Waals surface area contributed by atoms with E-state index in [0.717, 1.165) is 23.9 Å². The number of hydrogen-bond donors (Lipinski definition) is 2. The van der Waals surface area contributed by atoms with Gasteiger partial charge in [-0.05, 0) is 55.2 Å². The molecule has 0 saturated carbocycles. The maximum Gasteiger partial charge on any atom is 0.266 e. The number of aromatic hydroxyl groups is 1. The molecule has 1 unspecified atom stereocenters. The van der Waals surface area contributed by atoms with Gasteiger partial charge in [-0.3, -0.25) is 9.69 Å². The molecule has 4 rings (SSSR count). The second-order valence-corrected chi connectivity index (χ2v) is 8.05. The lowest BCUT2D eigenvalue weighted by Gasteiger charge is -2.27. The standard InChI is InChI=1S/C23H23FN2O2S/c1-4-26(5-2)13(3)15-7-6-14(12-17(15)24)20-19(27)9-8-18-21(20)16-10-11-29-22(16)23(28)25-18/h6-13,27H,4-5H2,1-3H3,(H,25,28). The monoisotopic (exact) mass is 410 g/mol. The summed E-state index contributed by atoms with van der Waals surface area (Å²) in [5, 5.41) is 14.0. The Morgan fingerprint density at radius 2 is 1.93 bits per heavy atom. The third-order valence-electron chi connectivity index (χ3n) is 5.67. The quantitative estimate of drug-likeness (QED) is 0.446. The average molecular weight is 411 g/mol. The van der Waals surface area contributed by atoms with Crippen molar-refractivity contribution in [3.63, 3.8) is 0 Å². The molecule has 0 fully saturated rings. The minimum atomic E-state index is -0.302. The van der Waals surface area contributed by atoms with Gasteiger partial charge < -0.3 is 10.1 Å². The summed E-state index contributed by atoms with van der Waals surface area (Å²) in [5.74, 6) is -0.245. The molecular weight excluding hydrogens is 387 g/mol. The highest BCUT2D eigenvalue weighted by Gasteiger charge is 2.20. The van der Waals surface area contributed by atoms with Crippen LogP contribution in [0.3, 0.4) is 0 Å². The molecule has 29 heavy (non-hydrogen) atoms. The van der Waals surface area contributed by atoms with Crippen molar-refractivity contribution >= 4 is 32.3 Å². The van der Waals surface area contributed by atoms with Crippen LogP contribution < -0.4 is 5.56 Å². The van der Waals surface area contributed by atoms with E-state index in [2.05, 4.69) is 23.7 Å². The smallest absolute Gasteiger partial charge is 0.266 e. The van der Waals surface area contributed by atoms with E-state index in [-0.39, 0.29) is 23.2 Å². The van der Waals surface area contributed by atoms with Gasteiger partial charge in [-0.1, -0.05) is 26.0 Å². The number of nitrogens with one attached hydrogen (secondary N) is 1. The number of nitrogens with zero attached hydrogens (tertiary/aromatic N) is 1. The second-order valence-electron chi connectivity index (χ2n) is 7.13. The Bertz CT molecular complexity index is 1260. The summed E-state index contributed by atoms with van der Waals surface area (Å²) in [4.78, 5) is 17.4. The molecule has 2 aromatic heterocycles. The molecule has 0 saturated heterocycles. The molecule has 4 aromatic rings. The summed E-state index contributed by atoms with van der Waals surface area (Å²) in [5.41, 5.74) is 2.21. The van der Waals surface area contributed by atoms with Gasteiger partial charge in [0, 0.05) is 33.5 Å². The largest absolute Gasteiger partial charge is 0.507 e. The lowest BCUT2D eigenvalue weighted by molar-refractivity contribution is 0.230. The highest BCUT2D eigenvalue weighted by molar-refractivity contribution is 7.17. The van der Waals surface area contributed by atoms with E-state index in [1.165, 1.54) is 23.5 Å². The molecule has 0 radical (unpaired) electrons. The number of aromatic amines is 1. The average Bonchev–Trinajstić information content (AvgIpc) is 3.20. The minimum Gasteiger partial charge on any atom is -0.507 e. The van der Waals surface area contributed by atoms with Crippen molar-refractivity contribution in [2.45, 2.75) is 26.8 Å². The van der Waals surface area contributed by atoms with E-state index in [9.17, 15) is 9.90 Å². The van der Waals surface area contributed by atoms with Gasteiger partial charge in [0.1, 0.15) is 16.3 Å². The number of phenolic OH excluding ortho intramolecular Hbond substituents is 1.